The number of hydrogen-bond acceptors (Lipinski definition) is 4. The monoisotopic (exact) mass is 221 g/mol. The highest BCUT2D eigenvalue weighted by atomic mass is 16.2. The van der Waals surface area contributed by atoms with Gasteiger partial charge in [-0.25, -0.2) is 4.98 Å². The highest BCUT2D eigenvalue weighted by molar-refractivity contribution is 5.99. The summed E-state index contributed by atoms with van der Waals surface area (Å²) in [5, 5.41) is 0. The largest absolute Gasteiger partial charge is 0.316 e. The van der Waals surface area contributed by atoms with Crippen molar-refractivity contribution in [2.24, 2.45) is 0 Å². The molecule has 2 rings (SSSR count). The van der Waals surface area contributed by atoms with Crippen LogP contribution in [0.5, 0.6) is 0 Å². The Hall–Kier alpha value is -1.98. The third kappa shape index (κ3) is 1.52. The van der Waals surface area contributed by atoms with E-state index in [1.807, 2.05) is 0 Å². The number of carbonyl (C=O) groups excluding carboxylic acids is 3. The van der Waals surface area contributed by atoms with Crippen LogP contribution in [0.2, 0.25) is 0 Å². The van der Waals surface area contributed by atoms with Crippen LogP contribution in [-0.4, -0.2) is 39.6 Å². The summed E-state index contributed by atoms with van der Waals surface area (Å²) in [5.74, 6) is -0.480. The van der Waals surface area contributed by atoms with Gasteiger partial charge < -0.3 is 4.57 Å². The van der Waals surface area contributed by atoms with E-state index in [-0.39, 0.29) is 11.8 Å². The predicted octanol–water partition coefficient (Wildman–Crippen LogP) is 0.0155. The zero-order valence-corrected chi connectivity index (χ0v) is 8.79. The molecule has 1 aromatic rings. The quantitative estimate of drug-likeness (QED) is 0.521. The zero-order valence-electron chi connectivity index (χ0n) is 8.79. The Morgan fingerprint density at radius 2 is 2.25 bits per heavy atom. The number of aromatic nitrogens is 2. The minimum absolute atomic E-state index is 0.186. The lowest BCUT2D eigenvalue weighted by Gasteiger charge is -2.28. The summed E-state index contributed by atoms with van der Waals surface area (Å²) in [6.45, 7) is 0. The van der Waals surface area contributed by atoms with Crippen LogP contribution in [0.1, 0.15) is 29.4 Å². The standard InChI is InChI=1S/C10H11N3O3/c1-12-9(15)3-2-8(10(12)16)13-6-11-4-7(13)5-14/h4-6,8H,2-3H2,1H3. The maximum atomic E-state index is 11.8. The van der Waals surface area contributed by atoms with Crippen molar-refractivity contribution in [2.75, 3.05) is 7.05 Å². The van der Waals surface area contributed by atoms with E-state index in [4.69, 9.17) is 0 Å². The minimum Gasteiger partial charge on any atom is -0.316 e. The van der Waals surface area contributed by atoms with E-state index >= 15 is 0 Å². The molecule has 0 radical (unpaired) electrons. The number of piperidine rings is 1. The summed E-state index contributed by atoms with van der Waals surface area (Å²) in [6.07, 6.45) is 4.21. The Balaban J connectivity index is 2.32. The first kappa shape index (κ1) is 10.5. The molecular formula is C10H11N3O3. The van der Waals surface area contributed by atoms with Gasteiger partial charge in [-0.2, -0.15) is 0 Å². The maximum Gasteiger partial charge on any atom is 0.252 e. The van der Waals surface area contributed by atoms with Gasteiger partial charge in [-0.3, -0.25) is 19.3 Å². The van der Waals surface area contributed by atoms with Gasteiger partial charge in [0.15, 0.2) is 6.29 Å². The van der Waals surface area contributed by atoms with Gasteiger partial charge in [-0.15, -0.1) is 0 Å². The van der Waals surface area contributed by atoms with E-state index in [2.05, 4.69) is 4.98 Å². The van der Waals surface area contributed by atoms with Crippen LogP contribution >= 0.6 is 0 Å². The zero-order chi connectivity index (χ0) is 11.7. The fourth-order valence-electron chi connectivity index (χ4n) is 1.82. The van der Waals surface area contributed by atoms with E-state index in [0.29, 0.717) is 24.8 Å². The number of carbonyl (C=O) groups is 3. The van der Waals surface area contributed by atoms with Gasteiger partial charge in [0.05, 0.1) is 12.5 Å². The number of amides is 2. The van der Waals surface area contributed by atoms with Crippen molar-refractivity contribution in [2.45, 2.75) is 18.9 Å². The molecule has 0 bridgehead atoms. The summed E-state index contributed by atoms with van der Waals surface area (Å²) in [5.41, 5.74) is 0.348. The first-order chi connectivity index (χ1) is 7.65. The highest BCUT2D eigenvalue weighted by Gasteiger charge is 2.33. The molecule has 1 aliphatic heterocycles. The number of likely N-dealkylation sites (tertiary alicyclic amines) is 1. The van der Waals surface area contributed by atoms with Crippen molar-refractivity contribution in [1.82, 2.24) is 14.5 Å². The third-order valence-electron chi connectivity index (χ3n) is 2.77. The SMILES string of the molecule is CN1C(=O)CCC(n2cncc2C=O)C1=O. The molecule has 0 aliphatic carbocycles. The lowest BCUT2D eigenvalue weighted by atomic mass is 10.0. The first-order valence-electron chi connectivity index (χ1n) is 4.92. The average Bonchev–Trinajstić information content (AvgIpc) is 2.74. The molecule has 0 aromatic carbocycles. The van der Waals surface area contributed by atoms with Gasteiger partial charge in [0.2, 0.25) is 5.91 Å². The second-order valence-corrected chi connectivity index (χ2v) is 3.69. The molecule has 0 spiro atoms. The van der Waals surface area contributed by atoms with Crippen LogP contribution in [0.4, 0.5) is 0 Å². The van der Waals surface area contributed by atoms with E-state index in [1.54, 1.807) is 0 Å². The molecule has 84 valence electrons. The lowest BCUT2D eigenvalue weighted by Crippen LogP contribution is -2.43. The molecule has 2 amide bonds. The molecule has 2 heterocycles. The predicted molar refractivity (Wildman–Crippen MR) is 53.7 cm³/mol. The van der Waals surface area contributed by atoms with Crippen molar-refractivity contribution >= 4 is 18.1 Å². The van der Waals surface area contributed by atoms with Crippen molar-refractivity contribution in [3.05, 3.63) is 18.2 Å². The second-order valence-electron chi connectivity index (χ2n) is 3.69. The Morgan fingerprint density at radius 1 is 1.50 bits per heavy atom. The fraction of sp³-hybridized carbons (Fsp3) is 0.400. The minimum atomic E-state index is -0.495. The first-order valence-corrected chi connectivity index (χ1v) is 4.92. The van der Waals surface area contributed by atoms with E-state index in [9.17, 15) is 14.4 Å². The van der Waals surface area contributed by atoms with E-state index < -0.39 is 6.04 Å². The van der Waals surface area contributed by atoms with Gasteiger partial charge in [0, 0.05) is 13.5 Å². The van der Waals surface area contributed by atoms with Crippen LogP contribution in [0.3, 0.4) is 0 Å². The molecule has 1 aliphatic rings. The molecule has 6 nitrogen and oxygen atoms in total. The number of aldehydes is 1. The van der Waals surface area contributed by atoms with Crippen LogP contribution in [0, 0.1) is 0 Å². The van der Waals surface area contributed by atoms with Crippen molar-refractivity contribution in [1.29, 1.82) is 0 Å². The van der Waals surface area contributed by atoms with Crippen molar-refractivity contribution in [3.8, 4) is 0 Å². The number of likely N-dealkylation sites (N-methyl/N-ethyl adjacent to an activating group) is 1. The van der Waals surface area contributed by atoms with Crippen molar-refractivity contribution < 1.29 is 14.4 Å². The van der Waals surface area contributed by atoms with E-state index in [1.165, 1.54) is 24.1 Å². The molecule has 1 atom stereocenters. The summed E-state index contributed by atoms with van der Waals surface area (Å²) >= 11 is 0. The van der Waals surface area contributed by atoms with E-state index in [0.717, 1.165) is 4.90 Å². The normalized spacial score (nSPS) is 21.3. The Labute approximate surface area is 91.9 Å². The maximum absolute atomic E-state index is 11.8. The van der Waals surface area contributed by atoms with Crippen LogP contribution in [0.15, 0.2) is 12.5 Å². The molecule has 1 aromatic heterocycles. The average molecular weight is 221 g/mol. The smallest absolute Gasteiger partial charge is 0.252 e. The molecule has 1 unspecified atom stereocenters. The van der Waals surface area contributed by atoms with Gasteiger partial charge in [-0.1, -0.05) is 0 Å². The second kappa shape index (κ2) is 3.88. The number of nitrogens with zero attached hydrogens (tertiary/aromatic N) is 3. The number of rotatable bonds is 2. The molecule has 6 heteroatoms. The Morgan fingerprint density at radius 3 is 2.94 bits per heavy atom. The Kier molecular flexibility index (Phi) is 2.55. The van der Waals surface area contributed by atoms with Crippen molar-refractivity contribution in [3.63, 3.8) is 0 Å². The molecular weight excluding hydrogens is 210 g/mol. The molecule has 0 N–H and O–H groups in total. The summed E-state index contributed by atoms with van der Waals surface area (Å²) < 4.78 is 1.51. The number of hydrogen-bond donors (Lipinski definition) is 0. The topological polar surface area (TPSA) is 72.3 Å². The molecule has 16 heavy (non-hydrogen) atoms. The van der Waals surface area contributed by atoms with Gasteiger partial charge in [0.25, 0.3) is 5.91 Å². The fourth-order valence-corrected chi connectivity index (χ4v) is 1.82. The molecule has 0 saturated carbocycles. The summed E-state index contributed by atoms with van der Waals surface area (Å²) in [7, 11) is 1.45. The highest BCUT2D eigenvalue weighted by Crippen LogP contribution is 2.23. The summed E-state index contributed by atoms with van der Waals surface area (Å²) in [6, 6.07) is -0.495. The molecule has 1 fully saturated rings. The van der Waals surface area contributed by atoms with Crippen LogP contribution in [-0.2, 0) is 9.59 Å². The Bertz CT molecular complexity index is 452. The molecule has 1 saturated heterocycles. The van der Waals surface area contributed by atoms with Gasteiger partial charge in [-0.05, 0) is 6.42 Å². The van der Waals surface area contributed by atoms with Crippen LogP contribution < -0.4 is 0 Å². The number of imide groups is 1. The summed E-state index contributed by atoms with van der Waals surface area (Å²) in [4.78, 5) is 38.8. The third-order valence-corrected chi connectivity index (χ3v) is 2.77. The van der Waals surface area contributed by atoms with Gasteiger partial charge >= 0.3 is 0 Å². The lowest BCUT2D eigenvalue weighted by molar-refractivity contribution is -0.149. The van der Waals surface area contributed by atoms with Crippen LogP contribution in [0.25, 0.3) is 0 Å². The van der Waals surface area contributed by atoms with Gasteiger partial charge in [0.1, 0.15) is 11.7 Å². The number of imidazole rings is 1.